The summed E-state index contributed by atoms with van der Waals surface area (Å²) < 4.78 is 54.4. The molecular weight excluding hydrogens is 266 g/mol. The van der Waals surface area contributed by atoms with Crippen LogP contribution in [0.1, 0.15) is 6.42 Å². The van der Waals surface area contributed by atoms with Crippen molar-refractivity contribution in [3.8, 4) is 5.75 Å². The van der Waals surface area contributed by atoms with E-state index in [0.29, 0.717) is 13.0 Å². The first-order valence-electron chi connectivity index (χ1n) is 5.21. The predicted molar refractivity (Wildman–Crippen MR) is 61.9 cm³/mol. The second kappa shape index (κ2) is 6.62. The van der Waals surface area contributed by atoms with Crippen LogP contribution in [0.15, 0.2) is 29.2 Å². The summed E-state index contributed by atoms with van der Waals surface area (Å²) in [5.74, 6) is -0.382. The number of sulfonamides is 1. The number of hydrogen-bond acceptors (Lipinski definition) is 4. The maximum atomic E-state index is 12.1. The molecule has 0 heterocycles. The van der Waals surface area contributed by atoms with Crippen molar-refractivity contribution in [2.24, 2.45) is 5.73 Å². The molecule has 1 aromatic carbocycles. The fourth-order valence-corrected chi connectivity index (χ4v) is 2.46. The topological polar surface area (TPSA) is 81.4 Å². The molecule has 0 aliphatic carbocycles. The Morgan fingerprint density at radius 1 is 1.33 bits per heavy atom. The highest BCUT2D eigenvalue weighted by molar-refractivity contribution is 7.89. The van der Waals surface area contributed by atoms with Crippen LogP contribution in [0.3, 0.4) is 0 Å². The summed E-state index contributed by atoms with van der Waals surface area (Å²) >= 11 is 0. The number of nitrogens with two attached hydrogens (primary N) is 1. The Morgan fingerprint density at radius 3 is 2.61 bits per heavy atom. The number of para-hydroxylation sites is 1. The van der Waals surface area contributed by atoms with Crippen LogP contribution >= 0.6 is 0 Å². The minimum absolute atomic E-state index is 0.141. The summed E-state index contributed by atoms with van der Waals surface area (Å²) in [5.41, 5.74) is 5.23. The van der Waals surface area contributed by atoms with Gasteiger partial charge in [0.15, 0.2) is 0 Å². The van der Waals surface area contributed by atoms with Crippen molar-refractivity contribution in [3.63, 3.8) is 0 Å². The lowest BCUT2D eigenvalue weighted by Crippen LogP contribution is -2.26. The molecule has 3 N–H and O–H groups in total. The average molecular weight is 280 g/mol. The van der Waals surface area contributed by atoms with Crippen molar-refractivity contribution >= 4 is 10.0 Å². The zero-order chi connectivity index (χ0) is 13.6. The van der Waals surface area contributed by atoms with Gasteiger partial charge in [0.05, 0.1) is 0 Å². The molecule has 0 atom stereocenters. The van der Waals surface area contributed by atoms with Gasteiger partial charge in [-0.3, -0.25) is 0 Å². The quantitative estimate of drug-likeness (QED) is 0.728. The van der Waals surface area contributed by atoms with E-state index < -0.39 is 16.6 Å². The van der Waals surface area contributed by atoms with Gasteiger partial charge in [0.2, 0.25) is 10.0 Å². The van der Waals surface area contributed by atoms with E-state index in [0.717, 1.165) is 0 Å². The molecule has 0 radical (unpaired) electrons. The Bertz CT molecular complexity index is 480. The monoisotopic (exact) mass is 280 g/mol. The standard InChI is InChI=1S/C10H14F2N2O3S/c11-10(12)17-8-4-1-2-5-9(8)18(15,16)14-7-3-6-13/h1-2,4-5,10,14H,3,6-7,13H2. The Morgan fingerprint density at radius 2 is 2.00 bits per heavy atom. The molecule has 0 aliphatic heterocycles. The molecule has 8 heteroatoms. The third-order valence-corrected chi connectivity index (χ3v) is 3.53. The Kier molecular flexibility index (Phi) is 5.45. The highest BCUT2D eigenvalue weighted by Gasteiger charge is 2.20. The van der Waals surface area contributed by atoms with Gasteiger partial charge in [-0.25, -0.2) is 13.1 Å². The van der Waals surface area contributed by atoms with Gasteiger partial charge in [-0.2, -0.15) is 8.78 Å². The Balaban J connectivity index is 2.93. The average Bonchev–Trinajstić information content (AvgIpc) is 2.29. The third-order valence-electron chi connectivity index (χ3n) is 2.03. The summed E-state index contributed by atoms with van der Waals surface area (Å²) in [6, 6.07) is 5.21. The SMILES string of the molecule is NCCCNS(=O)(=O)c1ccccc1OC(F)F. The molecule has 0 bridgehead atoms. The normalized spacial score (nSPS) is 11.8. The second-order valence-corrected chi connectivity index (χ2v) is 5.10. The van der Waals surface area contributed by atoms with Crippen LogP contribution in [0.5, 0.6) is 5.75 Å². The van der Waals surface area contributed by atoms with E-state index >= 15 is 0 Å². The van der Waals surface area contributed by atoms with Crippen molar-refractivity contribution in [1.82, 2.24) is 4.72 Å². The molecule has 0 unspecified atom stereocenters. The molecule has 5 nitrogen and oxygen atoms in total. The van der Waals surface area contributed by atoms with Crippen molar-refractivity contribution in [2.75, 3.05) is 13.1 Å². The molecule has 0 saturated carbocycles. The molecule has 18 heavy (non-hydrogen) atoms. The van der Waals surface area contributed by atoms with Crippen LogP contribution in [-0.2, 0) is 10.0 Å². The second-order valence-electron chi connectivity index (χ2n) is 3.37. The van der Waals surface area contributed by atoms with Crippen molar-refractivity contribution in [2.45, 2.75) is 17.9 Å². The zero-order valence-electron chi connectivity index (χ0n) is 9.47. The minimum Gasteiger partial charge on any atom is -0.433 e. The zero-order valence-corrected chi connectivity index (χ0v) is 10.3. The molecule has 0 aromatic heterocycles. The van der Waals surface area contributed by atoms with Gasteiger partial charge in [0.25, 0.3) is 0 Å². The molecule has 1 aromatic rings. The maximum absolute atomic E-state index is 12.1. The van der Waals surface area contributed by atoms with Crippen LogP contribution in [0.4, 0.5) is 8.78 Å². The molecule has 0 spiro atoms. The number of benzene rings is 1. The van der Waals surface area contributed by atoms with E-state index in [9.17, 15) is 17.2 Å². The summed E-state index contributed by atoms with van der Waals surface area (Å²) in [6.07, 6.45) is 0.455. The maximum Gasteiger partial charge on any atom is 0.387 e. The number of ether oxygens (including phenoxy) is 1. The van der Waals surface area contributed by atoms with E-state index in [-0.39, 0.29) is 17.2 Å². The third kappa shape index (κ3) is 4.21. The van der Waals surface area contributed by atoms with Gasteiger partial charge in [-0.05, 0) is 25.1 Å². The number of halogens is 2. The lowest BCUT2D eigenvalue weighted by atomic mass is 10.3. The molecule has 0 saturated heterocycles. The number of rotatable bonds is 7. The van der Waals surface area contributed by atoms with E-state index in [2.05, 4.69) is 9.46 Å². The number of hydrogen-bond donors (Lipinski definition) is 2. The van der Waals surface area contributed by atoms with Gasteiger partial charge >= 0.3 is 6.61 Å². The van der Waals surface area contributed by atoms with Gasteiger partial charge in [-0.15, -0.1) is 0 Å². The molecule has 0 aliphatic rings. The van der Waals surface area contributed by atoms with Crippen LogP contribution in [0.25, 0.3) is 0 Å². The summed E-state index contributed by atoms with van der Waals surface area (Å²) in [5, 5.41) is 0. The van der Waals surface area contributed by atoms with E-state index in [1.807, 2.05) is 0 Å². The smallest absolute Gasteiger partial charge is 0.387 e. The van der Waals surface area contributed by atoms with Crippen LogP contribution in [0.2, 0.25) is 0 Å². The highest BCUT2D eigenvalue weighted by atomic mass is 32.2. The van der Waals surface area contributed by atoms with Crippen LogP contribution in [0, 0.1) is 0 Å². The first-order valence-corrected chi connectivity index (χ1v) is 6.69. The van der Waals surface area contributed by atoms with E-state index in [1.54, 1.807) is 0 Å². The molecule has 0 amide bonds. The van der Waals surface area contributed by atoms with Gasteiger partial charge in [0.1, 0.15) is 10.6 Å². The lowest BCUT2D eigenvalue weighted by Gasteiger charge is -2.11. The summed E-state index contributed by atoms with van der Waals surface area (Å²) in [6.45, 7) is -2.61. The first kappa shape index (κ1) is 14.8. The minimum atomic E-state index is -3.87. The van der Waals surface area contributed by atoms with Gasteiger partial charge in [0, 0.05) is 6.54 Å². The summed E-state index contributed by atoms with van der Waals surface area (Å²) in [4.78, 5) is -0.317. The predicted octanol–water partition coefficient (Wildman–Crippen LogP) is 0.915. The van der Waals surface area contributed by atoms with Gasteiger partial charge < -0.3 is 10.5 Å². The largest absolute Gasteiger partial charge is 0.433 e. The van der Waals surface area contributed by atoms with Crippen LogP contribution in [-0.4, -0.2) is 28.1 Å². The molecule has 102 valence electrons. The van der Waals surface area contributed by atoms with E-state index in [1.165, 1.54) is 24.3 Å². The molecule has 1 rings (SSSR count). The lowest BCUT2D eigenvalue weighted by molar-refractivity contribution is -0.0517. The van der Waals surface area contributed by atoms with Crippen molar-refractivity contribution in [3.05, 3.63) is 24.3 Å². The fraction of sp³-hybridized carbons (Fsp3) is 0.400. The van der Waals surface area contributed by atoms with E-state index in [4.69, 9.17) is 5.73 Å². The number of alkyl halides is 2. The summed E-state index contributed by atoms with van der Waals surface area (Å²) in [7, 11) is -3.87. The van der Waals surface area contributed by atoms with Gasteiger partial charge in [-0.1, -0.05) is 12.1 Å². The highest BCUT2D eigenvalue weighted by Crippen LogP contribution is 2.24. The van der Waals surface area contributed by atoms with Crippen molar-refractivity contribution < 1.29 is 21.9 Å². The Hall–Kier alpha value is -1.25. The van der Waals surface area contributed by atoms with Crippen molar-refractivity contribution in [1.29, 1.82) is 0 Å². The molecule has 0 fully saturated rings. The Labute approximate surface area is 104 Å². The fourth-order valence-electron chi connectivity index (χ4n) is 1.25. The number of nitrogens with one attached hydrogen (secondary N) is 1. The first-order chi connectivity index (χ1) is 8.47. The van der Waals surface area contributed by atoms with Crippen LogP contribution < -0.4 is 15.2 Å². The molecular formula is C10H14F2N2O3S.